The fourth-order valence-electron chi connectivity index (χ4n) is 2.29. The van der Waals surface area contributed by atoms with Crippen LogP contribution in [0.5, 0.6) is 0 Å². The van der Waals surface area contributed by atoms with E-state index in [2.05, 4.69) is 28.0 Å². The number of amides is 1. The van der Waals surface area contributed by atoms with Crippen molar-refractivity contribution in [2.24, 2.45) is 5.92 Å². The summed E-state index contributed by atoms with van der Waals surface area (Å²) < 4.78 is 2.62. The van der Waals surface area contributed by atoms with E-state index in [0.717, 1.165) is 24.0 Å². The number of hydrogen-bond acceptors (Lipinski definition) is 2. The monoisotopic (exact) mass is 299 g/mol. The zero-order chi connectivity index (χ0) is 12.4. The molecule has 0 saturated carbocycles. The lowest BCUT2D eigenvalue weighted by Gasteiger charge is -2.32. The maximum absolute atomic E-state index is 12.3. The van der Waals surface area contributed by atoms with E-state index in [0.29, 0.717) is 5.92 Å². The summed E-state index contributed by atoms with van der Waals surface area (Å²) in [6.45, 7) is 5.87. The maximum atomic E-state index is 12.3. The highest BCUT2D eigenvalue weighted by molar-refractivity contribution is 9.10. The van der Waals surface area contributed by atoms with Gasteiger partial charge in [0.1, 0.15) is 6.04 Å². The van der Waals surface area contributed by atoms with Gasteiger partial charge in [0, 0.05) is 19.3 Å². The van der Waals surface area contributed by atoms with E-state index >= 15 is 0 Å². The van der Waals surface area contributed by atoms with Crippen LogP contribution >= 0.6 is 15.9 Å². The standard InChI is InChI=1S/C12H18BrN3O/c1-9-4-3-5-15(7-9)12(17)10(2)16-8-11(13)6-14-16/h6,8-10H,3-5,7H2,1-2H3. The summed E-state index contributed by atoms with van der Waals surface area (Å²) in [5, 5.41) is 4.17. The number of carbonyl (C=O) groups is 1. The van der Waals surface area contributed by atoms with Gasteiger partial charge in [0.25, 0.3) is 0 Å². The predicted molar refractivity (Wildman–Crippen MR) is 69.6 cm³/mol. The molecular weight excluding hydrogens is 282 g/mol. The first-order valence-electron chi connectivity index (χ1n) is 6.06. The molecule has 94 valence electrons. The topological polar surface area (TPSA) is 38.1 Å². The Balaban J connectivity index is 2.04. The average molecular weight is 300 g/mol. The number of halogens is 1. The van der Waals surface area contributed by atoms with E-state index in [9.17, 15) is 4.79 Å². The number of piperidine rings is 1. The first-order chi connectivity index (χ1) is 8.08. The molecule has 5 heteroatoms. The van der Waals surface area contributed by atoms with Crippen molar-refractivity contribution >= 4 is 21.8 Å². The van der Waals surface area contributed by atoms with Gasteiger partial charge in [-0.15, -0.1) is 0 Å². The predicted octanol–water partition coefficient (Wildman–Crippen LogP) is 2.47. The Morgan fingerprint density at radius 3 is 3.00 bits per heavy atom. The molecule has 0 aliphatic carbocycles. The molecule has 1 aliphatic rings. The Bertz CT molecular complexity index is 404. The van der Waals surface area contributed by atoms with Crippen molar-refractivity contribution in [1.82, 2.24) is 14.7 Å². The third-order valence-electron chi connectivity index (χ3n) is 3.29. The van der Waals surface area contributed by atoms with Gasteiger partial charge in [-0.3, -0.25) is 9.48 Å². The number of nitrogens with zero attached hydrogens (tertiary/aromatic N) is 3. The van der Waals surface area contributed by atoms with Crippen LogP contribution in [0.4, 0.5) is 0 Å². The summed E-state index contributed by atoms with van der Waals surface area (Å²) in [5.41, 5.74) is 0. The number of carbonyl (C=O) groups excluding carboxylic acids is 1. The molecule has 0 N–H and O–H groups in total. The molecule has 0 radical (unpaired) electrons. The third kappa shape index (κ3) is 2.89. The van der Waals surface area contributed by atoms with Crippen LogP contribution < -0.4 is 0 Å². The highest BCUT2D eigenvalue weighted by atomic mass is 79.9. The van der Waals surface area contributed by atoms with Crippen molar-refractivity contribution in [2.75, 3.05) is 13.1 Å². The fraction of sp³-hybridized carbons (Fsp3) is 0.667. The van der Waals surface area contributed by atoms with Crippen molar-refractivity contribution in [3.05, 3.63) is 16.9 Å². The van der Waals surface area contributed by atoms with E-state index in [1.807, 2.05) is 18.0 Å². The molecule has 17 heavy (non-hydrogen) atoms. The molecule has 2 heterocycles. The summed E-state index contributed by atoms with van der Waals surface area (Å²) in [5.74, 6) is 0.788. The number of likely N-dealkylation sites (tertiary alicyclic amines) is 1. The van der Waals surface area contributed by atoms with Crippen molar-refractivity contribution in [3.63, 3.8) is 0 Å². The van der Waals surface area contributed by atoms with E-state index in [4.69, 9.17) is 0 Å². The molecule has 0 spiro atoms. The zero-order valence-corrected chi connectivity index (χ0v) is 11.9. The van der Waals surface area contributed by atoms with Crippen molar-refractivity contribution in [2.45, 2.75) is 32.7 Å². The minimum Gasteiger partial charge on any atom is -0.341 e. The molecule has 2 rings (SSSR count). The fourth-order valence-corrected chi connectivity index (χ4v) is 2.59. The van der Waals surface area contributed by atoms with E-state index in [1.165, 1.54) is 6.42 Å². The molecule has 2 unspecified atom stereocenters. The van der Waals surface area contributed by atoms with E-state index in [-0.39, 0.29) is 11.9 Å². The molecule has 1 aromatic rings. The van der Waals surface area contributed by atoms with Gasteiger partial charge >= 0.3 is 0 Å². The quantitative estimate of drug-likeness (QED) is 0.841. The first kappa shape index (κ1) is 12.6. The lowest BCUT2D eigenvalue weighted by Crippen LogP contribution is -2.42. The molecule has 0 aromatic carbocycles. The van der Waals surface area contributed by atoms with Crippen LogP contribution in [0, 0.1) is 5.92 Å². The van der Waals surface area contributed by atoms with Crippen LogP contribution in [0.2, 0.25) is 0 Å². The molecular formula is C12H18BrN3O. The molecule has 1 saturated heterocycles. The molecule has 1 amide bonds. The lowest BCUT2D eigenvalue weighted by atomic mass is 10.00. The largest absolute Gasteiger partial charge is 0.341 e. The molecule has 1 aromatic heterocycles. The highest BCUT2D eigenvalue weighted by Gasteiger charge is 2.26. The van der Waals surface area contributed by atoms with Gasteiger partial charge in [0.05, 0.1) is 10.7 Å². The SMILES string of the molecule is CC1CCCN(C(=O)C(C)n2cc(Br)cn2)C1. The molecule has 1 aliphatic heterocycles. The van der Waals surface area contributed by atoms with E-state index < -0.39 is 0 Å². The average Bonchev–Trinajstić information content (AvgIpc) is 2.74. The van der Waals surface area contributed by atoms with Crippen LogP contribution in [0.15, 0.2) is 16.9 Å². The number of aromatic nitrogens is 2. The smallest absolute Gasteiger partial charge is 0.247 e. The number of hydrogen-bond donors (Lipinski definition) is 0. The molecule has 2 atom stereocenters. The van der Waals surface area contributed by atoms with Gasteiger partial charge in [-0.05, 0) is 41.6 Å². The van der Waals surface area contributed by atoms with Gasteiger partial charge in [-0.2, -0.15) is 5.10 Å². The van der Waals surface area contributed by atoms with Gasteiger partial charge < -0.3 is 4.90 Å². The first-order valence-corrected chi connectivity index (χ1v) is 6.85. The van der Waals surface area contributed by atoms with Gasteiger partial charge in [-0.1, -0.05) is 6.92 Å². The summed E-state index contributed by atoms with van der Waals surface area (Å²) in [6.07, 6.45) is 5.90. The summed E-state index contributed by atoms with van der Waals surface area (Å²) in [4.78, 5) is 14.3. The van der Waals surface area contributed by atoms with Crippen LogP contribution in [-0.2, 0) is 4.79 Å². The molecule has 1 fully saturated rings. The minimum atomic E-state index is -0.216. The number of rotatable bonds is 2. The Kier molecular flexibility index (Phi) is 3.86. The van der Waals surface area contributed by atoms with Crippen LogP contribution in [-0.4, -0.2) is 33.7 Å². The van der Waals surface area contributed by atoms with Gasteiger partial charge in [0.2, 0.25) is 5.91 Å². The minimum absolute atomic E-state index is 0.173. The van der Waals surface area contributed by atoms with Gasteiger partial charge in [-0.25, -0.2) is 0 Å². The Labute approximate surface area is 110 Å². The molecule has 0 bridgehead atoms. The Hall–Kier alpha value is -0.840. The van der Waals surface area contributed by atoms with Crippen LogP contribution in [0.25, 0.3) is 0 Å². The Morgan fingerprint density at radius 2 is 2.41 bits per heavy atom. The second-order valence-corrected chi connectivity index (χ2v) is 5.76. The second-order valence-electron chi connectivity index (χ2n) is 4.85. The Morgan fingerprint density at radius 1 is 1.65 bits per heavy atom. The van der Waals surface area contributed by atoms with Crippen molar-refractivity contribution in [3.8, 4) is 0 Å². The highest BCUT2D eigenvalue weighted by Crippen LogP contribution is 2.20. The summed E-state index contributed by atoms with van der Waals surface area (Å²) >= 11 is 3.35. The zero-order valence-electron chi connectivity index (χ0n) is 10.3. The van der Waals surface area contributed by atoms with Crippen LogP contribution in [0.1, 0.15) is 32.7 Å². The maximum Gasteiger partial charge on any atom is 0.247 e. The summed E-state index contributed by atoms with van der Waals surface area (Å²) in [6, 6.07) is -0.216. The van der Waals surface area contributed by atoms with Gasteiger partial charge in [0.15, 0.2) is 0 Å². The van der Waals surface area contributed by atoms with Crippen molar-refractivity contribution in [1.29, 1.82) is 0 Å². The molecule has 4 nitrogen and oxygen atoms in total. The lowest BCUT2D eigenvalue weighted by molar-refractivity contribution is -0.136. The normalized spacial score (nSPS) is 22.5. The van der Waals surface area contributed by atoms with Crippen molar-refractivity contribution < 1.29 is 4.79 Å². The summed E-state index contributed by atoms with van der Waals surface area (Å²) in [7, 11) is 0. The van der Waals surface area contributed by atoms with E-state index in [1.54, 1.807) is 10.9 Å². The third-order valence-corrected chi connectivity index (χ3v) is 3.70. The van der Waals surface area contributed by atoms with Crippen LogP contribution in [0.3, 0.4) is 0 Å². The second kappa shape index (κ2) is 5.21.